The Morgan fingerprint density at radius 3 is 2.80 bits per heavy atom. The van der Waals surface area contributed by atoms with Gasteiger partial charge in [0.2, 0.25) is 0 Å². The van der Waals surface area contributed by atoms with Gasteiger partial charge in [-0.3, -0.25) is 0 Å². The molecule has 0 amide bonds. The van der Waals surface area contributed by atoms with Gasteiger partial charge in [-0.25, -0.2) is 4.79 Å². The number of aliphatic carboxylic acids is 1. The van der Waals surface area contributed by atoms with Gasteiger partial charge in [0.1, 0.15) is 0 Å². The maximum atomic E-state index is 10.4. The SMILES string of the molecule is O=C(O)C1=C(Br)C=IC=C1. The van der Waals surface area contributed by atoms with Crippen molar-refractivity contribution in [3.8, 4) is 0 Å². The standard InChI is InChI=1S/C6H4BrIO2/c7-5-3-8-2-1-4(5)6(9)10/h1-3H,(H,9,10). The van der Waals surface area contributed by atoms with Crippen LogP contribution in [0, 0.1) is 0 Å². The molecular formula is C6H4BrIO2. The fourth-order valence-corrected chi connectivity index (χ4v) is 2.90. The lowest BCUT2D eigenvalue weighted by Gasteiger charge is -1.98. The predicted molar refractivity (Wildman–Crippen MR) is 52.8 cm³/mol. The van der Waals surface area contributed by atoms with E-state index in [0.717, 1.165) is 4.48 Å². The van der Waals surface area contributed by atoms with Gasteiger partial charge in [0.15, 0.2) is 0 Å². The van der Waals surface area contributed by atoms with Gasteiger partial charge in [0.25, 0.3) is 0 Å². The van der Waals surface area contributed by atoms with Crippen LogP contribution in [0.1, 0.15) is 0 Å². The third-order valence-corrected chi connectivity index (χ3v) is 4.22. The lowest BCUT2D eigenvalue weighted by atomic mass is 10.2. The Morgan fingerprint density at radius 1 is 1.70 bits per heavy atom. The molecule has 1 rings (SSSR count). The summed E-state index contributed by atoms with van der Waals surface area (Å²) in [5, 5.41) is 8.56. The molecule has 0 spiro atoms. The molecule has 1 heterocycles. The van der Waals surface area contributed by atoms with Crippen molar-refractivity contribution in [2.45, 2.75) is 0 Å². The van der Waals surface area contributed by atoms with Crippen LogP contribution in [0.2, 0.25) is 0 Å². The zero-order chi connectivity index (χ0) is 7.56. The van der Waals surface area contributed by atoms with E-state index in [2.05, 4.69) is 15.9 Å². The fourth-order valence-electron chi connectivity index (χ4n) is 0.503. The van der Waals surface area contributed by atoms with Gasteiger partial charge in [-0.15, -0.1) is 0 Å². The van der Waals surface area contributed by atoms with Crippen molar-refractivity contribution in [3.05, 3.63) is 20.2 Å². The van der Waals surface area contributed by atoms with Gasteiger partial charge in [-0.05, 0) is 30.1 Å². The first-order valence-electron chi connectivity index (χ1n) is 2.46. The van der Waals surface area contributed by atoms with E-state index in [1.54, 1.807) is 6.08 Å². The van der Waals surface area contributed by atoms with E-state index in [-0.39, 0.29) is 20.7 Å². The van der Waals surface area contributed by atoms with Crippen molar-refractivity contribution in [3.63, 3.8) is 0 Å². The van der Waals surface area contributed by atoms with Gasteiger partial charge < -0.3 is 5.11 Å². The van der Waals surface area contributed by atoms with Crippen molar-refractivity contribution in [1.29, 1.82) is 0 Å². The minimum Gasteiger partial charge on any atom is -0.478 e. The minimum atomic E-state index is -0.872. The van der Waals surface area contributed by atoms with Crippen LogP contribution in [-0.2, 0) is 4.79 Å². The molecule has 0 atom stereocenters. The predicted octanol–water partition coefficient (Wildman–Crippen LogP) is 2.02. The molecule has 1 aliphatic heterocycles. The largest absolute Gasteiger partial charge is 0.478 e. The number of hydrogen-bond acceptors (Lipinski definition) is 1. The van der Waals surface area contributed by atoms with Crippen molar-refractivity contribution in [2.24, 2.45) is 0 Å². The van der Waals surface area contributed by atoms with Gasteiger partial charge >= 0.3 is 5.97 Å². The summed E-state index contributed by atoms with van der Waals surface area (Å²) in [5.74, 6) is -0.872. The average Bonchev–Trinajstić information content (AvgIpc) is 1.88. The summed E-state index contributed by atoms with van der Waals surface area (Å²) in [6.07, 6.45) is 1.65. The van der Waals surface area contributed by atoms with Crippen LogP contribution in [0.3, 0.4) is 0 Å². The average molecular weight is 315 g/mol. The zero-order valence-electron chi connectivity index (χ0n) is 4.84. The summed E-state index contributed by atoms with van der Waals surface area (Å²) in [4.78, 5) is 10.4. The molecule has 54 valence electrons. The zero-order valence-corrected chi connectivity index (χ0v) is 8.59. The second-order valence-electron chi connectivity index (χ2n) is 1.59. The summed E-state index contributed by atoms with van der Waals surface area (Å²) in [6, 6.07) is 0. The van der Waals surface area contributed by atoms with Gasteiger partial charge in [-0.1, -0.05) is 20.7 Å². The first-order chi connectivity index (χ1) is 4.72. The number of halogens is 2. The van der Waals surface area contributed by atoms with Crippen LogP contribution < -0.4 is 0 Å². The lowest BCUT2D eigenvalue weighted by molar-refractivity contribution is -0.132. The van der Waals surface area contributed by atoms with E-state index >= 15 is 0 Å². The van der Waals surface area contributed by atoms with Gasteiger partial charge in [-0.2, -0.15) is 0 Å². The molecule has 0 aromatic carbocycles. The number of carbonyl (C=O) groups is 1. The highest BCUT2D eigenvalue weighted by Crippen LogP contribution is 2.20. The van der Waals surface area contributed by atoms with E-state index in [1.165, 1.54) is 0 Å². The molecule has 0 bridgehead atoms. The van der Waals surface area contributed by atoms with Crippen LogP contribution in [0.4, 0.5) is 0 Å². The fraction of sp³-hybridized carbons (Fsp3) is 0. The summed E-state index contributed by atoms with van der Waals surface area (Å²) < 4.78 is 4.57. The third kappa shape index (κ3) is 1.76. The minimum absolute atomic E-state index is 0.0519. The Balaban J connectivity index is 3.04. The number of rotatable bonds is 1. The first-order valence-corrected chi connectivity index (χ1v) is 5.75. The normalized spacial score (nSPS) is 16.9. The topological polar surface area (TPSA) is 37.3 Å². The van der Waals surface area contributed by atoms with Crippen molar-refractivity contribution >= 4 is 46.6 Å². The maximum Gasteiger partial charge on any atom is 0.336 e. The molecule has 0 aromatic heterocycles. The quantitative estimate of drug-likeness (QED) is 0.752. The molecule has 10 heavy (non-hydrogen) atoms. The molecule has 1 N–H and O–H groups in total. The number of carboxylic acid groups (broad SMARTS) is 1. The van der Waals surface area contributed by atoms with Crippen molar-refractivity contribution in [2.75, 3.05) is 0 Å². The lowest BCUT2D eigenvalue weighted by Crippen LogP contribution is -2.00. The summed E-state index contributed by atoms with van der Waals surface area (Å²) in [7, 11) is 0. The number of hydrogen-bond donors (Lipinski definition) is 1. The molecule has 1 aliphatic rings. The molecular weight excluding hydrogens is 311 g/mol. The molecule has 0 aliphatic carbocycles. The molecule has 2 nitrogen and oxygen atoms in total. The summed E-state index contributed by atoms with van der Waals surface area (Å²) >= 11 is 3.12. The Morgan fingerprint density at radius 2 is 2.40 bits per heavy atom. The van der Waals surface area contributed by atoms with E-state index in [1.807, 2.05) is 8.09 Å². The first kappa shape index (κ1) is 8.13. The van der Waals surface area contributed by atoms with Crippen LogP contribution >= 0.6 is 36.7 Å². The van der Waals surface area contributed by atoms with E-state index in [0.29, 0.717) is 5.57 Å². The van der Waals surface area contributed by atoms with E-state index in [9.17, 15) is 4.79 Å². The smallest absolute Gasteiger partial charge is 0.336 e. The molecule has 0 radical (unpaired) electrons. The molecule has 0 unspecified atom stereocenters. The highest BCUT2D eigenvalue weighted by atomic mass is 127. The van der Waals surface area contributed by atoms with E-state index < -0.39 is 5.97 Å². The maximum absolute atomic E-state index is 10.4. The third-order valence-electron chi connectivity index (χ3n) is 0.949. The number of carboxylic acids is 1. The Bertz CT molecular complexity index is 252. The summed E-state index contributed by atoms with van der Waals surface area (Å²) in [5.41, 5.74) is 0.353. The van der Waals surface area contributed by atoms with Crippen LogP contribution in [0.15, 0.2) is 20.2 Å². The van der Waals surface area contributed by atoms with Gasteiger partial charge in [0, 0.05) is 4.48 Å². The molecule has 0 fully saturated rings. The Labute approximate surface area is 76.5 Å². The van der Waals surface area contributed by atoms with Crippen LogP contribution in [0.5, 0.6) is 0 Å². The van der Waals surface area contributed by atoms with Crippen LogP contribution in [-0.4, -0.2) is 15.1 Å². The highest BCUT2D eigenvalue weighted by molar-refractivity contribution is 14.2. The summed E-state index contributed by atoms with van der Waals surface area (Å²) in [6.45, 7) is 0. The van der Waals surface area contributed by atoms with Crippen molar-refractivity contribution < 1.29 is 9.90 Å². The second-order valence-corrected chi connectivity index (χ2v) is 4.51. The second kappa shape index (κ2) is 3.43. The molecule has 0 saturated heterocycles. The van der Waals surface area contributed by atoms with Crippen LogP contribution in [0.25, 0.3) is 0 Å². The monoisotopic (exact) mass is 314 g/mol. The molecule has 4 heteroatoms. The Hall–Kier alpha value is 0.0300. The molecule has 0 saturated carbocycles. The number of allylic oxidation sites excluding steroid dienone is 1. The van der Waals surface area contributed by atoms with E-state index in [4.69, 9.17) is 5.11 Å². The van der Waals surface area contributed by atoms with Gasteiger partial charge in [0.05, 0.1) is 5.57 Å². The Kier molecular flexibility index (Phi) is 2.79. The molecule has 0 aromatic rings. The highest BCUT2D eigenvalue weighted by Gasteiger charge is 2.08. The van der Waals surface area contributed by atoms with Crippen molar-refractivity contribution in [1.82, 2.24) is 0 Å².